The Hall–Kier alpha value is -3.00. The van der Waals surface area contributed by atoms with Crippen molar-refractivity contribution >= 4 is 50.8 Å². The van der Waals surface area contributed by atoms with E-state index in [9.17, 15) is 14.4 Å². The monoisotopic (exact) mass is 455 g/mol. The molecule has 0 aliphatic carbocycles. The van der Waals surface area contributed by atoms with Gasteiger partial charge in [0, 0.05) is 4.47 Å². The molecule has 0 unspecified atom stereocenters. The van der Waals surface area contributed by atoms with Crippen LogP contribution in [0.15, 0.2) is 58.1 Å². The Labute approximate surface area is 176 Å². The highest BCUT2D eigenvalue weighted by Gasteiger charge is 2.59. The third kappa shape index (κ3) is 3.23. The smallest absolute Gasteiger partial charge is 0.355 e. The average Bonchev–Trinajstić information content (AvgIpc) is 3.21. The number of nitrogens with zero attached hydrogens (tertiary/aromatic N) is 3. The van der Waals surface area contributed by atoms with Gasteiger partial charge in [-0.1, -0.05) is 28.1 Å². The normalized spacial score (nSPS) is 20.7. The Morgan fingerprint density at radius 2 is 1.83 bits per heavy atom. The second kappa shape index (κ2) is 7.44. The number of aryl methyl sites for hydroxylation is 1. The van der Waals surface area contributed by atoms with E-state index in [1.165, 1.54) is 5.01 Å². The minimum absolute atomic E-state index is 0.0451. The topological polar surface area (TPSA) is 79.3 Å². The van der Waals surface area contributed by atoms with Gasteiger partial charge >= 0.3 is 5.97 Å². The molecule has 148 valence electrons. The first-order valence-electron chi connectivity index (χ1n) is 9.17. The summed E-state index contributed by atoms with van der Waals surface area (Å²) < 4.78 is 5.93. The zero-order chi connectivity index (χ0) is 20.7. The van der Waals surface area contributed by atoms with Crippen molar-refractivity contribution < 1.29 is 19.1 Å². The number of halogens is 1. The molecule has 2 amide bonds. The summed E-state index contributed by atoms with van der Waals surface area (Å²) in [5, 5.41) is 5.81. The Bertz CT molecular complexity index is 1030. The van der Waals surface area contributed by atoms with Crippen molar-refractivity contribution in [2.24, 2.45) is 11.0 Å². The molecule has 0 radical (unpaired) electrons. The summed E-state index contributed by atoms with van der Waals surface area (Å²) in [5.41, 5.74) is 2.01. The third-order valence-corrected chi connectivity index (χ3v) is 5.41. The number of fused-ring (bicyclic) bond motifs is 1. The molecule has 8 heteroatoms. The van der Waals surface area contributed by atoms with Gasteiger partial charge in [-0.05, 0) is 55.8 Å². The number of hydrogen-bond acceptors (Lipinski definition) is 6. The highest BCUT2D eigenvalue weighted by Crippen LogP contribution is 2.38. The molecule has 2 heterocycles. The van der Waals surface area contributed by atoms with E-state index in [0.717, 1.165) is 14.9 Å². The Kier molecular flexibility index (Phi) is 4.96. The standard InChI is InChI=1S/C21H18BrN3O4/c1-3-29-21(28)17-16-18(25(23-17)15-6-4-5-12(2)11-15)20(27)24(19(16)26)14-9-7-13(22)8-10-14/h4-11,16,18H,3H2,1-2H3/t16-,18+/m1/s1. The molecule has 2 aliphatic heterocycles. The van der Waals surface area contributed by atoms with E-state index in [2.05, 4.69) is 21.0 Å². The molecule has 2 atom stereocenters. The van der Waals surface area contributed by atoms with Crippen molar-refractivity contribution in [2.75, 3.05) is 16.5 Å². The minimum atomic E-state index is -1.01. The molecule has 0 N–H and O–H groups in total. The highest BCUT2D eigenvalue weighted by atomic mass is 79.9. The van der Waals surface area contributed by atoms with Crippen LogP contribution >= 0.6 is 15.9 Å². The van der Waals surface area contributed by atoms with Crippen LogP contribution in [0.25, 0.3) is 0 Å². The van der Waals surface area contributed by atoms with Gasteiger partial charge in [0.05, 0.1) is 18.0 Å². The van der Waals surface area contributed by atoms with Gasteiger partial charge in [0.15, 0.2) is 5.71 Å². The lowest BCUT2D eigenvalue weighted by Crippen LogP contribution is -2.39. The summed E-state index contributed by atoms with van der Waals surface area (Å²) in [6, 6.07) is 13.3. The molecule has 0 aromatic heterocycles. The van der Waals surface area contributed by atoms with Crippen LogP contribution < -0.4 is 9.91 Å². The van der Waals surface area contributed by atoms with Crippen LogP contribution in [0.4, 0.5) is 11.4 Å². The van der Waals surface area contributed by atoms with Crippen molar-refractivity contribution in [1.29, 1.82) is 0 Å². The van der Waals surface area contributed by atoms with Crippen LogP contribution in [-0.2, 0) is 19.1 Å². The number of amides is 2. The maximum atomic E-state index is 13.3. The van der Waals surface area contributed by atoms with Gasteiger partial charge in [0.2, 0.25) is 5.91 Å². The molecule has 29 heavy (non-hydrogen) atoms. The van der Waals surface area contributed by atoms with E-state index in [-0.39, 0.29) is 12.3 Å². The molecule has 1 saturated heterocycles. The quantitative estimate of drug-likeness (QED) is 0.522. The Morgan fingerprint density at radius 3 is 2.48 bits per heavy atom. The van der Waals surface area contributed by atoms with Gasteiger partial charge in [-0.15, -0.1) is 0 Å². The number of anilines is 2. The van der Waals surface area contributed by atoms with Crippen molar-refractivity contribution in [3.05, 3.63) is 58.6 Å². The first-order chi connectivity index (χ1) is 13.9. The number of benzene rings is 2. The van der Waals surface area contributed by atoms with Crippen LogP contribution in [0.1, 0.15) is 12.5 Å². The van der Waals surface area contributed by atoms with Crippen LogP contribution in [0, 0.1) is 12.8 Å². The van der Waals surface area contributed by atoms with E-state index >= 15 is 0 Å². The van der Waals surface area contributed by atoms with Crippen LogP contribution in [0.5, 0.6) is 0 Å². The molecule has 0 spiro atoms. The van der Waals surface area contributed by atoms with Gasteiger partial charge in [0.25, 0.3) is 5.91 Å². The fraction of sp³-hybridized carbons (Fsp3) is 0.238. The zero-order valence-electron chi connectivity index (χ0n) is 15.8. The lowest BCUT2D eigenvalue weighted by molar-refractivity contribution is -0.136. The van der Waals surface area contributed by atoms with Crippen molar-refractivity contribution in [3.8, 4) is 0 Å². The van der Waals surface area contributed by atoms with E-state index in [4.69, 9.17) is 4.74 Å². The molecule has 2 aliphatic rings. The van der Waals surface area contributed by atoms with Crippen LogP contribution in [0.2, 0.25) is 0 Å². The van der Waals surface area contributed by atoms with Crippen molar-refractivity contribution in [2.45, 2.75) is 19.9 Å². The number of hydrazone groups is 1. The Balaban J connectivity index is 1.79. The number of ether oxygens (including phenoxy) is 1. The molecule has 7 nitrogen and oxygen atoms in total. The second-order valence-electron chi connectivity index (χ2n) is 6.80. The van der Waals surface area contributed by atoms with Crippen molar-refractivity contribution in [3.63, 3.8) is 0 Å². The summed E-state index contributed by atoms with van der Waals surface area (Å²) in [5.74, 6) is -2.60. The van der Waals surface area contributed by atoms with Gasteiger partial charge in [-0.2, -0.15) is 5.10 Å². The first kappa shape index (κ1) is 19.3. The van der Waals surface area contributed by atoms with Crippen molar-refractivity contribution in [1.82, 2.24) is 0 Å². The number of hydrogen-bond donors (Lipinski definition) is 0. The van der Waals surface area contributed by atoms with E-state index in [1.54, 1.807) is 37.3 Å². The molecule has 0 saturated carbocycles. The van der Waals surface area contributed by atoms with E-state index < -0.39 is 29.7 Å². The summed E-state index contributed by atoms with van der Waals surface area (Å²) in [6.07, 6.45) is 0. The van der Waals surface area contributed by atoms with Gasteiger partial charge < -0.3 is 4.74 Å². The number of imide groups is 1. The molecule has 4 rings (SSSR count). The second-order valence-corrected chi connectivity index (χ2v) is 7.72. The van der Waals surface area contributed by atoms with Gasteiger partial charge in [-0.25, -0.2) is 9.69 Å². The number of carbonyl (C=O) groups excluding carboxylic acids is 3. The maximum Gasteiger partial charge on any atom is 0.355 e. The lowest BCUT2D eigenvalue weighted by Gasteiger charge is -2.22. The molecule has 0 bridgehead atoms. The van der Waals surface area contributed by atoms with E-state index in [1.807, 2.05) is 25.1 Å². The molecular formula is C21H18BrN3O4. The molecular weight excluding hydrogens is 438 g/mol. The summed E-state index contributed by atoms with van der Waals surface area (Å²) in [7, 11) is 0. The fourth-order valence-corrected chi connectivity index (χ4v) is 3.88. The predicted molar refractivity (Wildman–Crippen MR) is 112 cm³/mol. The molecule has 2 aromatic rings. The predicted octanol–water partition coefficient (Wildman–Crippen LogP) is 3.05. The number of esters is 1. The summed E-state index contributed by atoms with van der Waals surface area (Å²) >= 11 is 3.35. The molecule has 2 aromatic carbocycles. The average molecular weight is 456 g/mol. The molecule has 1 fully saturated rings. The van der Waals surface area contributed by atoms with Gasteiger partial charge in [-0.3, -0.25) is 14.6 Å². The maximum absolute atomic E-state index is 13.3. The third-order valence-electron chi connectivity index (χ3n) is 4.88. The van der Waals surface area contributed by atoms with Crippen LogP contribution in [0.3, 0.4) is 0 Å². The van der Waals surface area contributed by atoms with E-state index in [0.29, 0.717) is 11.4 Å². The van der Waals surface area contributed by atoms with Crippen LogP contribution in [-0.4, -0.2) is 36.1 Å². The fourth-order valence-electron chi connectivity index (χ4n) is 3.62. The lowest BCUT2D eigenvalue weighted by atomic mass is 9.97. The number of rotatable bonds is 4. The highest BCUT2D eigenvalue weighted by molar-refractivity contribution is 9.10. The minimum Gasteiger partial charge on any atom is -0.461 e. The first-order valence-corrected chi connectivity index (χ1v) is 9.96. The SMILES string of the molecule is CCOC(=O)C1=NN(c2cccc(C)c2)[C@@H]2C(=O)N(c3ccc(Br)cc3)C(=O)[C@H]12. The zero-order valence-corrected chi connectivity index (χ0v) is 17.4. The summed E-state index contributed by atoms with van der Waals surface area (Å²) in [6.45, 7) is 3.75. The number of carbonyl (C=O) groups is 3. The van der Waals surface area contributed by atoms with Gasteiger partial charge in [0.1, 0.15) is 12.0 Å². The largest absolute Gasteiger partial charge is 0.461 e. The summed E-state index contributed by atoms with van der Waals surface area (Å²) in [4.78, 5) is 40.2. The Morgan fingerprint density at radius 1 is 1.10 bits per heavy atom.